The van der Waals surface area contributed by atoms with Crippen molar-refractivity contribution in [1.29, 1.82) is 0 Å². The predicted octanol–water partition coefficient (Wildman–Crippen LogP) is 7.49. The molecular weight excluding hydrogens is 554 g/mol. The molecule has 1 amide bonds. The van der Waals surface area contributed by atoms with E-state index < -0.39 is 0 Å². The molecule has 0 bridgehead atoms. The van der Waals surface area contributed by atoms with Gasteiger partial charge in [0, 0.05) is 40.6 Å². The highest BCUT2D eigenvalue weighted by atomic mass is 16.5. The zero-order valence-corrected chi connectivity index (χ0v) is 25.7. The van der Waals surface area contributed by atoms with Crippen LogP contribution in [0.5, 0.6) is 11.5 Å². The number of methoxy groups -OCH3 is 2. The molecule has 5 rings (SSSR count). The summed E-state index contributed by atoms with van der Waals surface area (Å²) in [5.41, 5.74) is 12.4. The number of nitrogens with zero attached hydrogens (tertiary/aromatic N) is 4. The number of anilines is 1. The molecule has 9 heteroatoms. The third-order valence-corrected chi connectivity index (χ3v) is 9.03. The molecule has 0 radical (unpaired) electrons. The largest absolute Gasteiger partial charge is 0.493 e. The fourth-order valence-corrected chi connectivity index (χ4v) is 6.93. The molecule has 44 heavy (non-hydrogen) atoms. The number of nitrogens with one attached hydrogen (secondary N) is 1. The summed E-state index contributed by atoms with van der Waals surface area (Å²) >= 11 is 0. The zero-order valence-electron chi connectivity index (χ0n) is 25.7. The van der Waals surface area contributed by atoms with Gasteiger partial charge in [0.25, 0.3) is 5.91 Å². The van der Waals surface area contributed by atoms with E-state index in [1.165, 1.54) is 0 Å². The molecule has 1 aliphatic heterocycles. The van der Waals surface area contributed by atoms with E-state index in [1.807, 2.05) is 71.6 Å². The average molecular weight is 596 g/mol. The van der Waals surface area contributed by atoms with Crippen LogP contribution < -0.4 is 19.7 Å². The van der Waals surface area contributed by atoms with Crippen molar-refractivity contribution in [3.05, 3.63) is 99.4 Å². The molecule has 1 fully saturated rings. The molecule has 1 N–H and O–H groups in total. The van der Waals surface area contributed by atoms with Gasteiger partial charge in [-0.05, 0) is 78.2 Å². The number of unbranched alkanes of at least 4 members (excludes halogenated alkanes) is 2. The maximum absolute atomic E-state index is 14.4. The summed E-state index contributed by atoms with van der Waals surface area (Å²) in [6.07, 6.45) is 5.68. The van der Waals surface area contributed by atoms with Crippen LogP contribution in [0.25, 0.3) is 10.4 Å². The summed E-state index contributed by atoms with van der Waals surface area (Å²) in [5.74, 6) is 1.16. The van der Waals surface area contributed by atoms with Crippen LogP contribution in [-0.2, 0) is 13.1 Å². The molecule has 1 heterocycles. The summed E-state index contributed by atoms with van der Waals surface area (Å²) in [4.78, 5) is 33.4. The van der Waals surface area contributed by atoms with E-state index in [0.717, 1.165) is 43.2 Å². The van der Waals surface area contributed by atoms with Gasteiger partial charge in [0.1, 0.15) is 0 Å². The Kier molecular flexibility index (Phi) is 10.2. The van der Waals surface area contributed by atoms with Crippen molar-refractivity contribution in [3.8, 4) is 11.5 Å². The Hall–Kier alpha value is -4.33. The topological polar surface area (TPSA) is 117 Å². The van der Waals surface area contributed by atoms with Crippen LogP contribution in [0.1, 0.15) is 77.3 Å². The smallest absolute Gasteiger partial charge is 0.258 e. The minimum atomic E-state index is -0.305. The molecule has 2 aliphatic rings. The number of amides is 1. The fraction of sp³-hybridized carbons (Fsp3) is 0.429. The number of hydrogen-bond donors (Lipinski definition) is 1. The lowest BCUT2D eigenvalue weighted by molar-refractivity contribution is 0.0693. The van der Waals surface area contributed by atoms with Crippen molar-refractivity contribution >= 4 is 17.4 Å². The second-order valence-corrected chi connectivity index (χ2v) is 11.7. The van der Waals surface area contributed by atoms with Crippen molar-refractivity contribution in [1.82, 2.24) is 5.32 Å². The number of carbonyl (C=O) groups is 2. The number of ether oxygens (including phenoxy) is 2. The molecule has 3 aromatic rings. The van der Waals surface area contributed by atoms with Gasteiger partial charge < -0.3 is 19.7 Å². The summed E-state index contributed by atoms with van der Waals surface area (Å²) in [6.45, 7) is 2.97. The van der Waals surface area contributed by atoms with E-state index in [0.29, 0.717) is 41.3 Å². The van der Waals surface area contributed by atoms with Crippen LogP contribution in [0.15, 0.2) is 71.8 Å². The molecule has 0 saturated heterocycles. The number of Topliss-reactive ketones (excluding diaryl/α,β-unsaturated/α-hetero) is 1. The van der Waals surface area contributed by atoms with Gasteiger partial charge in [-0.3, -0.25) is 9.59 Å². The monoisotopic (exact) mass is 595 g/mol. The minimum absolute atomic E-state index is 0.0877. The van der Waals surface area contributed by atoms with Crippen molar-refractivity contribution in [2.24, 2.45) is 17.0 Å². The van der Waals surface area contributed by atoms with Gasteiger partial charge in [-0.15, -0.1) is 0 Å². The number of ketones is 1. The number of azide groups is 1. The zero-order chi connectivity index (χ0) is 31.1. The van der Waals surface area contributed by atoms with Gasteiger partial charge in [-0.1, -0.05) is 61.6 Å². The van der Waals surface area contributed by atoms with E-state index in [1.54, 1.807) is 14.2 Å². The highest BCUT2D eigenvalue weighted by Crippen LogP contribution is 2.46. The molecule has 1 saturated carbocycles. The first-order valence-corrected chi connectivity index (χ1v) is 15.5. The lowest BCUT2D eigenvalue weighted by Gasteiger charge is -2.49. The first kappa shape index (κ1) is 31.1. The number of carbonyl (C=O) groups excluding carboxylic acids is 2. The number of hydrogen-bond acceptors (Lipinski definition) is 6. The standard InChI is InChI=1S/C35H41N5O4/c1-4-5-7-12-26-19-27(37-21-24-14-16-31(43-2)32(18-24)44-3)20-30-33(26)34(41)28-17-23(22-38-39-36)13-15-29(28)40(30)35(42)25-10-8-6-9-11-25/h6,8-11,13-18,26-27,30,33,37H,4-5,7,12,19-22H2,1-3H3/t26-,27-,30+,33-/m0/s1. The van der Waals surface area contributed by atoms with E-state index >= 15 is 0 Å². The quantitative estimate of drug-likeness (QED) is 0.101. The Morgan fingerprint density at radius 2 is 1.77 bits per heavy atom. The van der Waals surface area contributed by atoms with Crippen LogP contribution in [0, 0.1) is 11.8 Å². The Morgan fingerprint density at radius 1 is 1.00 bits per heavy atom. The summed E-state index contributed by atoms with van der Waals surface area (Å²) in [5, 5.41) is 7.46. The van der Waals surface area contributed by atoms with Crippen molar-refractivity contribution in [2.45, 2.75) is 70.6 Å². The first-order chi connectivity index (χ1) is 21.5. The molecule has 230 valence electrons. The third kappa shape index (κ3) is 6.59. The van der Waals surface area contributed by atoms with E-state index in [2.05, 4.69) is 22.3 Å². The summed E-state index contributed by atoms with van der Waals surface area (Å²) in [7, 11) is 3.26. The third-order valence-electron chi connectivity index (χ3n) is 9.03. The van der Waals surface area contributed by atoms with Crippen molar-refractivity contribution < 1.29 is 19.1 Å². The Labute approximate surface area is 259 Å². The van der Waals surface area contributed by atoms with Crippen molar-refractivity contribution in [3.63, 3.8) is 0 Å². The van der Waals surface area contributed by atoms with Gasteiger partial charge in [-0.25, -0.2) is 0 Å². The summed E-state index contributed by atoms with van der Waals surface area (Å²) in [6, 6.07) is 20.6. The average Bonchev–Trinajstić information content (AvgIpc) is 3.06. The van der Waals surface area contributed by atoms with E-state index in [9.17, 15) is 9.59 Å². The maximum Gasteiger partial charge on any atom is 0.258 e. The lowest BCUT2D eigenvalue weighted by atomic mass is 9.66. The molecule has 1 aliphatic carbocycles. The number of fused-ring (bicyclic) bond motifs is 2. The summed E-state index contributed by atoms with van der Waals surface area (Å²) < 4.78 is 10.9. The molecule has 3 aromatic carbocycles. The van der Waals surface area contributed by atoms with Crippen molar-refractivity contribution in [2.75, 3.05) is 19.1 Å². The highest BCUT2D eigenvalue weighted by molar-refractivity contribution is 6.15. The van der Waals surface area contributed by atoms with Gasteiger partial charge in [0.05, 0.1) is 26.5 Å². The maximum atomic E-state index is 14.4. The van der Waals surface area contributed by atoms with Crippen LogP contribution >= 0.6 is 0 Å². The normalized spacial score (nSPS) is 20.7. The molecular formula is C35H41N5O4. The number of rotatable bonds is 12. The first-order valence-electron chi connectivity index (χ1n) is 15.5. The Morgan fingerprint density at radius 3 is 2.50 bits per heavy atom. The fourth-order valence-electron chi connectivity index (χ4n) is 6.93. The highest BCUT2D eigenvalue weighted by Gasteiger charge is 2.50. The molecule has 0 unspecified atom stereocenters. The van der Waals surface area contributed by atoms with Gasteiger partial charge >= 0.3 is 0 Å². The predicted molar refractivity (Wildman–Crippen MR) is 171 cm³/mol. The lowest BCUT2D eigenvalue weighted by Crippen LogP contribution is -2.59. The Balaban J connectivity index is 1.51. The van der Waals surface area contributed by atoms with E-state index in [4.69, 9.17) is 15.0 Å². The second-order valence-electron chi connectivity index (χ2n) is 11.7. The minimum Gasteiger partial charge on any atom is -0.493 e. The Bertz CT molecular complexity index is 1520. The van der Waals surface area contributed by atoms with Gasteiger partial charge in [-0.2, -0.15) is 0 Å². The number of benzene rings is 3. The van der Waals surface area contributed by atoms with Gasteiger partial charge in [0.15, 0.2) is 17.3 Å². The van der Waals surface area contributed by atoms with Crippen LogP contribution in [-0.4, -0.2) is 38.0 Å². The SMILES string of the molecule is CCCCC[C@H]1C[C@H](NCc2ccc(OC)c(OC)c2)C[C@@H]2[C@H]1C(=O)c1cc(CN=[N+]=[N-])ccc1N2C(=O)c1ccccc1. The van der Waals surface area contributed by atoms with E-state index in [-0.39, 0.29) is 42.2 Å². The molecule has 0 spiro atoms. The molecule has 4 atom stereocenters. The second kappa shape index (κ2) is 14.4. The van der Waals surface area contributed by atoms with Crippen LogP contribution in [0.2, 0.25) is 0 Å². The molecule has 9 nitrogen and oxygen atoms in total. The van der Waals surface area contributed by atoms with Crippen LogP contribution in [0.4, 0.5) is 5.69 Å². The van der Waals surface area contributed by atoms with Crippen LogP contribution in [0.3, 0.4) is 0 Å². The molecule has 0 aromatic heterocycles. The van der Waals surface area contributed by atoms with Gasteiger partial charge in [0.2, 0.25) is 0 Å².